The van der Waals surface area contributed by atoms with Crippen molar-refractivity contribution in [3.8, 4) is 0 Å². The summed E-state index contributed by atoms with van der Waals surface area (Å²) in [5.74, 6) is 2.36. The molecule has 0 radical (unpaired) electrons. The molecule has 0 aliphatic carbocycles. The predicted octanol–water partition coefficient (Wildman–Crippen LogP) is 2.41. The van der Waals surface area contributed by atoms with Crippen LogP contribution in [0.2, 0.25) is 0 Å². The molecule has 3 fully saturated rings. The molecule has 0 saturated carbocycles. The van der Waals surface area contributed by atoms with Gasteiger partial charge in [-0.15, -0.1) is 24.8 Å². The van der Waals surface area contributed by atoms with Crippen LogP contribution in [0.4, 0.5) is 0 Å². The third-order valence-electron chi connectivity index (χ3n) is 5.94. The second-order valence-electron chi connectivity index (χ2n) is 7.49. The summed E-state index contributed by atoms with van der Waals surface area (Å²) in [5, 5.41) is 3.51. The average molecular weight is 366 g/mol. The summed E-state index contributed by atoms with van der Waals surface area (Å²) in [4.78, 5) is 17.5. The van der Waals surface area contributed by atoms with Crippen molar-refractivity contribution >= 4 is 30.7 Å². The van der Waals surface area contributed by atoms with Crippen LogP contribution in [0.5, 0.6) is 0 Å². The number of carbonyl (C=O) groups is 1. The van der Waals surface area contributed by atoms with E-state index in [-0.39, 0.29) is 30.7 Å². The Kier molecular flexibility index (Phi) is 8.64. The predicted molar refractivity (Wildman–Crippen MR) is 99.6 cm³/mol. The van der Waals surface area contributed by atoms with E-state index in [1.807, 2.05) is 0 Å². The Morgan fingerprint density at radius 3 is 1.91 bits per heavy atom. The molecule has 0 aromatic heterocycles. The third kappa shape index (κ3) is 4.97. The first-order valence-corrected chi connectivity index (χ1v) is 8.88. The summed E-state index contributed by atoms with van der Waals surface area (Å²) >= 11 is 0. The molecule has 3 heterocycles. The van der Waals surface area contributed by atoms with E-state index in [4.69, 9.17) is 0 Å². The zero-order valence-corrected chi connectivity index (χ0v) is 16.1. The first-order chi connectivity index (χ1) is 10.1. The Bertz CT molecular complexity index is 359. The van der Waals surface area contributed by atoms with E-state index in [0.29, 0.717) is 11.9 Å². The van der Waals surface area contributed by atoms with Gasteiger partial charge in [0.25, 0.3) is 0 Å². The van der Waals surface area contributed by atoms with Crippen LogP contribution in [-0.2, 0) is 4.79 Å². The molecule has 0 bridgehead atoms. The Hall–Kier alpha value is -0.0300. The minimum Gasteiger partial charge on any atom is -0.342 e. The summed E-state index contributed by atoms with van der Waals surface area (Å²) in [5.41, 5.74) is 0. The zero-order valence-electron chi connectivity index (χ0n) is 14.5. The van der Waals surface area contributed by atoms with E-state index in [1.54, 1.807) is 0 Å². The van der Waals surface area contributed by atoms with Crippen molar-refractivity contribution in [1.82, 2.24) is 15.1 Å². The maximum absolute atomic E-state index is 12.8. The van der Waals surface area contributed by atoms with Crippen LogP contribution in [0.3, 0.4) is 0 Å². The van der Waals surface area contributed by atoms with Gasteiger partial charge in [0, 0.05) is 25.0 Å². The number of amides is 1. The highest BCUT2D eigenvalue weighted by molar-refractivity contribution is 5.85. The second-order valence-corrected chi connectivity index (χ2v) is 7.49. The number of nitrogens with one attached hydrogen (secondary N) is 1. The molecule has 0 aromatic rings. The van der Waals surface area contributed by atoms with E-state index < -0.39 is 0 Å². The molecule has 1 amide bonds. The summed E-state index contributed by atoms with van der Waals surface area (Å²) in [6, 6.07) is 0.617. The third-order valence-corrected chi connectivity index (χ3v) is 5.94. The lowest BCUT2D eigenvalue weighted by Gasteiger charge is -2.36. The first kappa shape index (κ1) is 21.0. The van der Waals surface area contributed by atoms with Crippen LogP contribution in [0.15, 0.2) is 0 Å². The van der Waals surface area contributed by atoms with Gasteiger partial charge in [-0.25, -0.2) is 0 Å². The lowest BCUT2D eigenvalue weighted by atomic mass is 9.92. The van der Waals surface area contributed by atoms with Gasteiger partial charge >= 0.3 is 0 Å². The molecule has 0 aromatic carbocycles. The number of hydrogen-bond acceptors (Lipinski definition) is 3. The van der Waals surface area contributed by atoms with Crippen molar-refractivity contribution in [1.29, 1.82) is 0 Å². The Morgan fingerprint density at radius 2 is 1.43 bits per heavy atom. The number of hydrogen-bond donors (Lipinski definition) is 1. The largest absolute Gasteiger partial charge is 0.342 e. The molecule has 3 rings (SSSR count). The van der Waals surface area contributed by atoms with Crippen LogP contribution in [0.25, 0.3) is 0 Å². The maximum atomic E-state index is 12.8. The highest BCUT2D eigenvalue weighted by atomic mass is 35.5. The summed E-state index contributed by atoms with van der Waals surface area (Å²) in [6.07, 6.45) is 4.52. The molecule has 1 N–H and O–H groups in total. The van der Waals surface area contributed by atoms with Crippen molar-refractivity contribution in [3.63, 3.8) is 0 Å². The smallest absolute Gasteiger partial charge is 0.225 e. The van der Waals surface area contributed by atoms with Crippen LogP contribution >= 0.6 is 24.8 Å². The maximum Gasteiger partial charge on any atom is 0.225 e. The molecule has 0 unspecified atom stereocenters. The van der Waals surface area contributed by atoms with Crippen molar-refractivity contribution < 1.29 is 4.79 Å². The van der Waals surface area contributed by atoms with Crippen LogP contribution in [-0.4, -0.2) is 61.0 Å². The monoisotopic (exact) mass is 365 g/mol. The summed E-state index contributed by atoms with van der Waals surface area (Å²) in [6.45, 7) is 11.0. The second kappa shape index (κ2) is 9.45. The highest BCUT2D eigenvalue weighted by Crippen LogP contribution is 2.29. The van der Waals surface area contributed by atoms with Crippen LogP contribution in [0, 0.1) is 17.8 Å². The van der Waals surface area contributed by atoms with E-state index in [2.05, 4.69) is 29.0 Å². The van der Waals surface area contributed by atoms with E-state index in [0.717, 1.165) is 50.9 Å². The number of fused-ring (bicyclic) bond motifs is 1. The van der Waals surface area contributed by atoms with Gasteiger partial charge in [0.05, 0.1) is 0 Å². The van der Waals surface area contributed by atoms with E-state index in [9.17, 15) is 4.79 Å². The average Bonchev–Trinajstić information content (AvgIpc) is 2.85. The van der Waals surface area contributed by atoms with Gasteiger partial charge in [-0.2, -0.15) is 0 Å². The Labute approximate surface area is 153 Å². The van der Waals surface area contributed by atoms with Crippen LogP contribution in [0.1, 0.15) is 39.5 Å². The summed E-state index contributed by atoms with van der Waals surface area (Å²) < 4.78 is 0. The van der Waals surface area contributed by atoms with E-state index >= 15 is 0 Å². The quantitative estimate of drug-likeness (QED) is 0.815. The van der Waals surface area contributed by atoms with Crippen molar-refractivity contribution in [2.75, 3.05) is 39.3 Å². The minimum absolute atomic E-state index is 0. The molecule has 23 heavy (non-hydrogen) atoms. The van der Waals surface area contributed by atoms with Gasteiger partial charge < -0.3 is 15.1 Å². The minimum atomic E-state index is 0. The van der Waals surface area contributed by atoms with Gasteiger partial charge in [-0.3, -0.25) is 4.79 Å². The fourth-order valence-electron chi connectivity index (χ4n) is 4.36. The number of carbonyl (C=O) groups excluding carboxylic acids is 1. The number of likely N-dealkylation sites (tertiary alicyclic amines) is 2. The molecular weight excluding hydrogens is 333 g/mol. The Morgan fingerprint density at radius 1 is 0.913 bits per heavy atom. The van der Waals surface area contributed by atoms with Gasteiger partial charge in [0.15, 0.2) is 0 Å². The Balaban J connectivity index is 0.00000132. The van der Waals surface area contributed by atoms with Gasteiger partial charge in [0.2, 0.25) is 5.91 Å². The molecule has 2 atom stereocenters. The number of piperidine rings is 1. The topological polar surface area (TPSA) is 35.6 Å². The molecule has 136 valence electrons. The SMILES string of the molecule is CC(C)N1CCC(C(=O)N2CC[C@@H]3CNC[C@@H]3CC2)CC1.Cl.Cl. The molecule has 3 aliphatic heterocycles. The standard InChI is InChI=1S/C17H31N3O.2ClH/c1-13(2)19-7-3-14(4-8-19)17(21)20-9-5-15-11-18-12-16(15)6-10-20;;/h13-16,18H,3-12H2,1-2H3;2*1H/t15-,16+;;. The number of halogens is 2. The fraction of sp³-hybridized carbons (Fsp3) is 0.941. The zero-order chi connectivity index (χ0) is 14.8. The lowest BCUT2D eigenvalue weighted by Crippen LogP contribution is -2.44. The normalized spacial score (nSPS) is 29.4. The lowest BCUT2D eigenvalue weighted by molar-refractivity contribution is -0.137. The molecule has 6 heteroatoms. The molecule has 4 nitrogen and oxygen atoms in total. The van der Waals surface area contributed by atoms with Gasteiger partial charge in [-0.1, -0.05) is 0 Å². The highest BCUT2D eigenvalue weighted by Gasteiger charge is 2.34. The number of nitrogens with zero attached hydrogens (tertiary/aromatic N) is 2. The van der Waals surface area contributed by atoms with Gasteiger partial charge in [0.1, 0.15) is 0 Å². The van der Waals surface area contributed by atoms with E-state index in [1.165, 1.54) is 25.9 Å². The fourth-order valence-corrected chi connectivity index (χ4v) is 4.36. The molecule has 3 saturated heterocycles. The summed E-state index contributed by atoms with van der Waals surface area (Å²) in [7, 11) is 0. The van der Waals surface area contributed by atoms with Crippen LogP contribution < -0.4 is 5.32 Å². The molecular formula is C17H33Cl2N3O. The van der Waals surface area contributed by atoms with Gasteiger partial charge in [-0.05, 0) is 77.5 Å². The molecule has 0 spiro atoms. The first-order valence-electron chi connectivity index (χ1n) is 8.88. The molecule has 3 aliphatic rings. The van der Waals surface area contributed by atoms with Crippen molar-refractivity contribution in [3.05, 3.63) is 0 Å². The van der Waals surface area contributed by atoms with Crippen molar-refractivity contribution in [2.24, 2.45) is 17.8 Å². The number of rotatable bonds is 2. The van der Waals surface area contributed by atoms with Crippen molar-refractivity contribution in [2.45, 2.75) is 45.6 Å².